The molecule has 0 saturated heterocycles. The average molecular weight is 363 g/mol. The molecule has 0 bridgehead atoms. The van der Waals surface area contributed by atoms with Crippen molar-refractivity contribution in [1.82, 2.24) is 9.97 Å². The zero-order valence-electron chi connectivity index (χ0n) is 13.5. The van der Waals surface area contributed by atoms with Crippen molar-refractivity contribution in [3.8, 4) is 0 Å². The van der Waals surface area contributed by atoms with Crippen molar-refractivity contribution in [1.29, 1.82) is 0 Å². The molecule has 2 unspecified atom stereocenters. The lowest BCUT2D eigenvalue weighted by molar-refractivity contribution is -0.384. The Kier molecular flexibility index (Phi) is 5.30. The molecule has 0 aliphatic heterocycles. The molecule has 1 aliphatic rings. The molecule has 0 amide bonds. The van der Waals surface area contributed by atoms with Crippen molar-refractivity contribution >= 4 is 34.7 Å². The van der Waals surface area contributed by atoms with Gasteiger partial charge in [0.1, 0.15) is 6.20 Å². The summed E-state index contributed by atoms with van der Waals surface area (Å²) >= 11 is 5.86. The predicted molar refractivity (Wildman–Crippen MR) is 97.3 cm³/mol. The van der Waals surface area contributed by atoms with Crippen molar-refractivity contribution in [2.45, 2.75) is 37.8 Å². The Morgan fingerprint density at radius 1 is 1.28 bits per heavy atom. The third kappa shape index (κ3) is 4.55. The Hall–Kier alpha value is -2.45. The summed E-state index contributed by atoms with van der Waals surface area (Å²) in [6.07, 6.45) is 4.85. The minimum atomic E-state index is -0.489. The summed E-state index contributed by atoms with van der Waals surface area (Å²) in [5.41, 5.74) is 6.58. The van der Waals surface area contributed by atoms with E-state index in [0.29, 0.717) is 5.02 Å². The predicted octanol–water partition coefficient (Wildman–Crippen LogP) is 3.46. The van der Waals surface area contributed by atoms with Gasteiger partial charge in [0, 0.05) is 22.8 Å². The SMILES string of the molecule is NC1CCCC(Nc2nc(Nc3ccc(Cl)cc3)ncc2[N+](=O)[O-])C1. The zero-order chi connectivity index (χ0) is 17.8. The lowest BCUT2D eigenvalue weighted by Gasteiger charge is -2.27. The van der Waals surface area contributed by atoms with E-state index < -0.39 is 4.92 Å². The number of nitro groups is 1. The quantitative estimate of drug-likeness (QED) is 0.550. The molecule has 1 heterocycles. The topological polar surface area (TPSA) is 119 Å². The summed E-state index contributed by atoms with van der Waals surface area (Å²) in [6.45, 7) is 0. The number of benzene rings is 1. The van der Waals surface area contributed by atoms with Gasteiger partial charge in [-0.25, -0.2) is 4.98 Å². The highest BCUT2D eigenvalue weighted by Gasteiger charge is 2.24. The first-order chi connectivity index (χ1) is 12.0. The Morgan fingerprint density at radius 3 is 2.72 bits per heavy atom. The highest BCUT2D eigenvalue weighted by atomic mass is 35.5. The van der Waals surface area contributed by atoms with E-state index in [1.54, 1.807) is 24.3 Å². The smallest absolute Gasteiger partial charge is 0.329 e. The molecular weight excluding hydrogens is 344 g/mol. The van der Waals surface area contributed by atoms with E-state index in [1.165, 1.54) is 6.20 Å². The highest BCUT2D eigenvalue weighted by Crippen LogP contribution is 2.27. The van der Waals surface area contributed by atoms with Gasteiger partial charge >= 0.3 is 5.69 Å². The van der Waals surface area contributed by atoms with Crippen LogP contribution in [0.5, 0.6) is 0 Å². The number of nitrogens with two attached hydrogens (primary N) is 1. The molecule has 1 aromatic heterocycles. The third-order valence-electron chi connectivity index (χ3n) is 4.12. The normalized spacial score (nSPS) is 20.1. The molecule has 8 nitrogen and oxygen atoms in total. The van der Waals surface area contributed by atoms with Crippen molar-refractivity contribution in [3.63, 3.8) is 0 Å². The van der Waals surface area contributed by atoms with Crippen LogP contribution in [0.15, 0.2) is 30.5 Å². The van der Waals surface area contributed by atoms with Crippen LogP contribution < -0.4 is 16.4 Å². The Balaban J connectivity index is 1.81. The molecule has 0 radical (unpaired) electrons. The van der Waals surface area contributed by atoms with Gasteiger partial charge in [-0.2, -0.15) is 4.98 Å². The zero-order valence-corrected chi connectivity index (χ0v) is 14.2. The number of hydrogen-bond acceptors (Lipinski definition) is 7. The van der Waals surface area contributed by atoms with Gasteiger partial charge in [-0.05, 0) is 49.9 Å². The number of nitrogens with zero attached hydrogens (tertiary/aromatic N) is 3. The minimum Gasteiger partial charge on any atom is -0.361 e. The molecule has 2 atom stereocenters. The molecule has 1 fully saturated rings. The van der Waals surface area contributed by atoms with Crippen molar-refractivity contribution in [3.05, 3.63) is 45.6 Å². The fourth-order valence-corrected chi connectivity index (χ4v) is 3.02. The standard InChI is InChI=1S/C16H19ClN6O2/c17-10-4-6-12(7-5-10)21-16-19-9-14(23(24)25)15(22-16)20-13-3-1-2-11(18)8-13/h4-7,9,11,13H,1-3,8,18H2,(H2,19,20,21,22). The molecule has 4 N–H and O–H groups in total. The second-order valence-electron chi connectivity index (χ2n) is 6.08. The van der Waals surface area contributed by atoms with Crippen LogP contribution in [0.1, 0.15) is 25.7 Å². The number of rotatable bonds is 5. The molecule has 2 aromatic rings. The van der Waals surface area contributed by atoms with Gasteiger partial charge in [0.15, 0.2) is 0 Å². The van der Waals surface area contributed by atoms with Crippen LogP contribution in [0.4, 0.5) is 23.1 Å². The van der Waals surface area contributed by atoms with Crippen LogP contribution in [0.3, 0.4) is 0 Å². The fourth-order valence-electron chi connectivity index (χ4n) is 2.89. The van der Waals surface area contributed by atoms with E-state index >= 15 is 0 Å². The minimum absolute atomic E-state index is 0.0701. The highest BCUT2D eigenvalue weighted by molar-refractivity contribution is 6.30. The van der Waals surface area contributed by atoms with E-state index in [2.05, 4.69) is 20.6 Å². The number of anilines is 3. The van der Waals surface area contributed by atoms with Gasteiger partial charge in [0.05, 0.1) is 4.92 Å². The number of nitrogens with one attached hydrogen (secondary N) is 2. The Morgan fingerprint density at radius 2 is 2.04 bits per heavy atom. The largest absolute Gasteiger partial charge is 0.361 e. The summed E-state index contributed by atoms with van der Waals surface area (Å²) in [5.74, 6) is 0.478. The lowest BCUT2D eigenvalue weighted by atomic mass is 9.91. The van der Waals surface area contributed by atoms with Crippen LogP contribution in [-0.2, 0) is 0 Å². The monoisotopic (exact) mass is 362 g/mol. The molecule has 132 valence electrons. The third-order valence-corrected chi connectivity index (χ3v) is 4.37. The summed E-state index contributed by atoms with van der Waals surface area (Å²) in [7, 11) is 0. The maximum absolute atomic E-state index is 11.3. The molecule has 9 heteroatoms. The van der Waals surface area contributed by atoms with E-state index in [0.717, 1.165) is 31.4 Å². The summed E-state index contributed by atoms with van der Waals surface area (Å²) in [5, 5.41) is 18.1. The second-order valence-corrected chi connectivity index (χ2v) is 6.52. The molecule has 25 heavy (non-hydrogen) atoms. The van der Waals surface area contributed by atoms with Crippen LogP contribution >= 0.6 is 11.6 Å². The number of halogens is 1. The summed E-state index contributed by atoms with van der Waals surface area (Å²) in [6, 6.07) is 7.20. The van der Waals surface area contributed by atoms with Crippen molar-refractivity contribution < 1.29 is 4.92 Å². The molecule has 1 aliphatic carbocycles. The molecule has 1 aromatic carbocycles. The van der Waals surface area contributed by atoms with Crippen molar-refractivity contribution in [2.75, 3.05) is 10.6 Å². The van der Waals surface area contributed by atoms with E-state index in [1.807, 2.05) is 0 Å². The lowest BCUT2D eigenvalue weighted by Crippen LogP contribution is -2.35. The van der Waals surface area contributed by atoms with E-state index in [9.17, 15) is 10.1 Å². The van der Waals surface area contributed by atoms with E-state index in [4.69, 9.17) is 17.3 Å². The van der Waals surface area contributed by atoms with Crippen LogP contribution in [0.25, 0.3) is 0 Å². The van der Waals surface area contributed by atoms with Gasteiger partial charge in [-0.15, -0.1) is 0 Å². The van der Waals surface area contributed by atoms with Gasteiger partial charge in [-0.1, -0.05) is 11.6 Å². The molecule has 3 rings (SSSR count). The van der Waals surface area contributed by atoms with Crippen LogP contribution in [-0.4, -0.2) is 27.0 Å². The second kappa shape index (κ2) is 7.62. The Bertz CT molecular complexity index is 755. The van der Waals surface area contributed by atoms with Gasteiger partial charge in [-0.3, -0.25) is 10.1 Å². The maximum atomic E-state index is 11.3. The molecule has 0 spiro atoms. The van der Waals surface area contributed by atoms with Crippen LogP contribution in [0, 0.1) is 10.1 Å². The maximum Gasteiger partial charge on any atom is 0.329 e. The summed E-state index contributed by atoms with van der Waals surface area (Å²) in [4.78, 5) is 19.1. The van der Waals surface area contributed by atoms with Gasteiger partial charge in [0.2, 0.25) is 11.8 Å². The number of hydrogen-bond donors (Lipinski definition) is 3. The fraction of sp³-hybridized carbons (Fsp3) is 0.375. The van der Waals surface area contributed by atoms with E-state index in [-0.39, 0.29) is 29.5 Å². The average Bonchev–Trinajstić information content (AvgIpc) is 2.57. The van der Waals surface area contributed by atoms with Crippen molar-refractivity contribution in [2.24, 2.45) is 5.73 Å². The molecular formula is C16H19ClN6O2. The molecule has 1 saturated carbocycles. The first-order valence-electron chi connectivity index (χ1n) is 8.07. The summed E-state index contributed by atoms with van der Waals surface area (Å²) < 4.78 is 0. The Labute approximate surface area is 150 Å². The first kappa shape index (κ1) is 17.4. The van der Waals surface area contributed by atoms with Crippen LogP contribution in [0.2, 0.25) is 5.02 Å². The first-order valence-corrected chi connectivity index (χ1v) is 8.45. The number of aromatic nitrogens is 2. The van der Waals surface area contributed by atoms with Gasteiger partial charge in [0.25, 0.3) is 0 Å². The van der Waals surface area contributed by atoms with Gasteiger partial charge < -0.3 is 16.4 Å².